The highest BCUT2D eigenvalue weighted by Crippen LogP contribution is 2.27. The van der Waals surface area contributed by atoms with Gasteiger partial charge >= 0.3 is 0 Å². The van der Waals surface area contributed by atoms with Crippen molar-refractivity contribution >= 4 is 5.78 Å². The molecule has 110 valence electrons. The summed E-state index contributed by atoms with van der Waals surface area (Å²) in [6.07, 6.45) is 1.85. The summed E-state index contributed by atoms with van der Waals surface area (Å²) in [5.41, 5.74) is 7.73. The molecule has 5 heteroatoms. The van der Waals surface area contributed by atoms with Crippen LogP contribution in [0.3, 0.4) is 0 Å². The number of pyridine rings is 1. The highest BCUT2D eigenvalue weighted by atomic mass is 16.5. The van der Waals surface area contributed by atoms with Crippen LogP contribution in [0.2, 0.25) is 0 Å². The molecule has 0 bridgehead atoms. The Morgan fingerprint density at radius 3 is 2.52 bits per heavy atom. The monoisotopic (exact) mass is 286 g/mol. The van der Waals surface area contributed by atoms with E-state index in [0.717, 1.165) is 11.1 Å². The average molecular weight is 286 g/mol. The second-order valence-corrected chi connectivity index (χ2v) is 4.54. The Hall–Kier alpha value is -2.40. The first kappa shape index (κ1) is 15.0. The summed E-state index contributed by atoms with van der Waals surface area (Å²) < 4.78 is 10.4. The van der Waals surface area contributed by atoms with Crippen LogP contribution in [0.4, 0.5) is 0 Å². The first-order valence-corrected chi connectivity index (χ1v) is 6.57. The molecule has 2 rings (SSSR count). The Morgan fingerprint density at radius 2 is 1.86 bits per heavy atom. The Bertz CT molecular complexity index is 641. The van der Waals surface area contributed by atoms with E-state index in [1.54, 1.807) is 44.7 Å². The lowest BCUT2D eigenvalue weighted by atomic mass is 10.0. The lowest BCUT2D eigenvalue weighted by molar-refractivity contribution is 0.0988. The molecule has 0 fully saturated rings. The molecular weight excluding hydrogens is 268 g/mol. The van der Waals surface area contributed by atoms with Crippen molar-refractivity contribution in [3.05, 3.63) is 53.3 Å². The van der Waals surface area contributed by atoms with E-state index in [0.29, 0.717) is 23.7 Å². The summed E-state index contributed by atoms with van der Waals surface area (Å²) in [5, 5.41) is 0. The molecule has 0 atom stereocenters. The van der Waals surface area contributed by atoms with Crippen molar-refractivity contribution < 1.29 is 14.3 Å². The molecule has 2 N–H and O–H groups in total. The Labute approximate surface area is 123 Å². The van der Waals surface area contributed by atoms with Gasteiger partial charge in [0.2, 0.25) is 0 Å². The highest BCUT2D eigenvalue weighted by Gasteiger charge is 2.11. The van der Waals surface area contributed by atoms with Crippen molar-refractivity contribution in [2.75, 3.05) is 14.2 Å². The second kappa shape index (κ2) is 6.85. The van der Waals surface area contributed by atoms with Crippen molar-refractivity contribution in [3.8, 4) is 11.5 Å². The zero-order chi connectivity index (χ0) is 15.2. The number of ether oxygens (including phenoxy) is 2. The predicted molar refractivity (Wildman–Crippen MR) is 79.7 cm³/mol. The minimum Gasteiger partial charge on any atom is -0.493 e. The highest BCUT2D eigenvalue weighted by molar-refractivity contribution is 5.95. The maximum absolute atomic E-state index is 12.3. The fourth-order valence-electron chi connectivity index (χ4n) is 2.02. The minimum atomic E-state index is -0.0579. The molecule has 21 heavy (non-hydrogen) atoms. The van der Waals surface area contributed by atoms with E-state index < -0.39 is 0 Å². The number of nitrogens with two attached hydrogens (primary N) is 1. The summed E-state index contributed by atoms with van der Waals surface area (Å²) in [4.78, 5) is 16.4. The molecular formula is C16H18N2O3. The van der Waals surface area contributed by atoms with Gasteiger partial charge < -0.3 is 15.2 Å². The van der Waals surface area contributed by atoms with Gasteiger partial charge in [0.1, 0.15) is 5.69 Å². The number of ketones is 1. The summed E-state index contributed by atoms with van der Waals surface area (Å²) in [5.74, 6) is 1.18. The molecule has 0 aliphatic heterocycles. The van der Waals surface area contributed by atoms with Gasteiger partial charge in [0.05, 0.1) is 14.2 Å². The van der Waals surface area contributed by atoms with Gasteiger partial charge in [0, 0.05) is 19.2 Å². The summed E-state index contributed by atoms with van der Waals surface area (Å²) in [6.45, 7) is 0.388. The number of rotatable bonds is 6. The van der Waals surface area contributed by atoms with Crippen LogP contribution < -0.4 is 15.2 Å². The lowest BCUT2D eigenvalue weighted by Crippen LogP contribution is -2.08. The molecule has 1 aromatic heterocycles. The molecule has 0 amide bonds. The van der Waals surface area contributed by atoms with Crippen molar-refractivity contribution in [1.29, 1.82) is 0 Å². The smallest absolute Gasteiger partial charge is 0.185 e. The molecule has 5 nitrogen and oxygen atoms in total. The fraction of sp³-hybridized carbons (Fsp3) is 0.250. The molecule has 0 radical (unpaired) electrons. The van der Waals surface area contributed by atoms with Crippen LogP contribution in [0.15, 0.2) is 36.5 Å². The van der Waals surface area contributed by atoms with Gasteiger partial charge in [-0.2, -0.15) is 0 Å². The van der Waals surface area contributed by atoms with Crippen molar-refractivity contribution in [2.24, 2.45) is 5.73 Å². The number of benzene rings is 1. The molecule has 2 aromatic rings. The zero-order valence-electron chi connectivity index (χ0n) is 12.1. The average Bonchev–Trinajstić information content (AvgIpc) is 2.54. The van der Waals surface area contributed by atoms with Crippen molar-refractivity contribution in [3.63, 3.8) is 0 Å². The maximum atomic E-state index is 12.3. The van der Waals surface area contributed by atoms with E-state index >= 15 is 0 Å². The number of nitrogens with zero attached hydrogens (tertiary/aromatic N) is 1. The minimum absolute atomic E-state index is 0.0579. The number of carbonyl (C=O) groups excluding carboxylic acids is 1. The summed E-state index contributed by atoms with van der Waals surface area (Å²) >= 11 is 0. The normalized spacial score (nSPS) is 10.2. The van der Waals surface area contributed by atoms with Crippen LogP contribution in [0.5, 0.6) is 11.5 Å². The van der Waals surface area contributed by atoms with Gasteiger partial charge in [0.25, 0.3) is 0 Å². The fourth-order valence-corrected chi connectivity index (χ4v) is 2.02. The lowest BCUT2D eigenvalue weighted by Gasteiger charge is -2.09. The van der Waals surface area contributed by atoms with Crippen LogP contribution in [0.1, 0.15) is 21.6 Å². The van der Waals surface area contributed by atoms with E-state index in [2.05, 4.69) is 4.98 Å². The molecule has 0 aliphatic rings. The van der Waals surface area contributed by atoms with E-state index in [4.69, 9.17) is 15.2 Å². The largest absolute Gasteiger partial charge is 0.493 e. The first-order valence-electron chi connectivity index (χ1n) is 6.57. The molecule has 0 saturated carbocycles. The quantitative estimate of drug-likeness (QED) is 0.822. The second-order valence-electron chi connectivity index (χ2n) is 4.54. The SMILES string of the molecule is COc1ccc(CC(=O)c2cc(CN)ccn2)cc1OC. The van der Waals surface area contributed by atoms with Gasteiger partial charge in [-0.3, -0.25) is 9.78 Å². The molecule has 0 saturated heterocycles. The van der Waals surface area contributed by atoms with E-state index in [-0.39, 0.29) is 12.2 Å². The van der Waals surface area contributed by atoms with E-state index in [1.165, 1.54) is 0 Å². The van der Waals surface area contributed by atoms with Crippen LogP contribution in [0, 0.1) is 0 Å². The van der Waals surface area contributed by atoms with Gasteiger partial charge in [-0.05, 0) is 35.4 Å². The maximum Gasteiger partial charge on any atom is 0.185 e. The van der Waals surface area contributed by atoms with Gasteiger partial charge in [-0.25, -0.2) is 0 Å². The number of hydrogen-bond acceptors (Lipinski definition) is 5. The molecule has 0 aliphatic carbocycles. The van der Waals surface area contributed by atoms with Crippen LogP contribution in [0.25, 0.3) is 0 Å². The standard InChI is InChI=1S/C16H18N2O3/c1-20-15-4-3-11(9-16(15)21-2)8-14(19)13-7-12(10-17)5-6-18-13/h3-7,9H,8,10,17H2,1-2H3. The topological polar surface area (TPSA) is 74.4 Å². The Balaban J connectivity index is 2.19. The summed E-state index contributed by atoms with van der Waals surface area (Å²) in [6, 6.07) is 8.94. The van der Waals surface area contributed by atoms with E-state index in [9.17, 15) is 4.79 Å². The zero-order valence-corrected chi connectivity index (χ0v) is 12.1. The first-order chi connectivity index (χ1) is 10.2. The molecule has 0 unspecified atom stereocenters. The number of carbonyl (C=O) groups is 1. The van der Waals surface area contributed by atoms with Gasteiger partial charge in [0.15, 0.2) is 17.3 Å². The predicted octanol–water partition coefficient (Wildman–Crippen LogP) is 1.98. The van der Waals surface area contributed by atoms with E-state index in [1.807, 2.05) is 6.07 Å². The third-order valence-electron chi connectivity index (χ3n) is 3.16. The summed E-state index contributed by atoms with van der Waals surface area (Å²) in [7, 11) is 3.14. The van der Waals surface area contributed by atoms with Crippen LogP contribution in [-0.2, 0) is 13.0 Å². The van der Waals surface area contributed by atoms with Crippen molar-refractivity contribution in [2.45, 2.75) is 13.0 Å². The number of methoxy groups -OCH3 is 2. The Morgan fingerprint density at radius 1 is 1.10 bits per heavy atom. The Kier molecular flexibility index (Phi) is 4.90. The molecule has 1 heterocycles. The van der Waals surface area contributed by atoms with Gasteiger partial charge in [-0.15, -0.1) is 0 Å². The van der Waals surface area contributed by atoms with Gasteiger partial charge in [-0.1, -0.05) is 6.07 Å². The molecule has 1 aromatic carbocycles. The number of Topliss-reactive ketones (excluding diaryl/α,β-unsaturated/α-hetero) is 1. The number of hydrogen-bond donors (Lipinski definition) is 1. The van der Waals surface area contributed by atoms with Crippen LogP contribution >= 0.6 is 0 Å². The third kappa shape index (κ3) is 3.58. The van der Waals surface area contributed by atoms with Crippen molar-refractivity contribution in [1.82, 2.24) is 4.98 Å². The third-order valence-corrected chi connectivity index (χ3v) is 3.16. The number of aromatic nitrogens is 1. The molecule has 0 spiro atoms. The van der Waals surface area contributed by atoms with Crippen LogP contribution in [-0.4, -0.2) is 25.0 Å².